The highest BCUT2D eigenvalue weighted by atomic mass is 35.5. The Hall–Kier alpha value is -2.06. The third-order valence-electron chi connectivity index (χ3n) is 5.51. The monoisotopic (exact) mass is 436 g/mol. The number of carbonyl (C=O) groups excluding carboxylic acids is 1. The molecule has 0 aliphatic heterocycles. The molecule has 2 heterocycles. The number of aromatic nitrogens is 3. The maximum Gasteiger partial charge on any atom is 0.297 e. The van der Waals surface area contributed by atoms with Crippen molar-refractivity contribution in [2.75, 3.05) is 6.61 Å². The normalized spacial score (nSPS) is 22.7. The van der Waals surface area contributed by atoms with Crippen LogP contribution in [0.5, 0.6) is 11.9 Å². The van der Waals surface area contributed by atoms with E-state index in [-0.39, 0.29) is 30.3 Å². The van der Waals surface area contributed by atoms with Crippen LogP contribution in [0.3, 0.4) is 0 Å². The average molecular weight is 437 g/mol. The van der Waals surface area contributed by atoms with Crippen molar-refractivity contribution in [3.8, 4) is 11.9 Å². The highest BCUT2D eigenvalue weighted by Crippen LogP contribution is 2.36. The van der Waals surface area contributed by atoms with Crippen molar-refractivity contribution in [2.45, 2.75) is 76.7 Å². The van der Waals surface area contributed by atoms with Gasteiger partial charge in [0.2, 0.25) is 11.8 Å². The first kappa shape index (κ1) is 21.2. The van der Waals surface area contributed by atoms with E-state index < -0.39 is 0 Å². The Balaban J connectivity index is 1.33. The first-order valence-corrected chi connectivity index (χ1v) is 11.0. The summed E-state index contributed by atoms with van der Waals surface area (Å²) in [6.07, 6.45) is 7.93. The second-order valence-electron chi connectivity index (χ2n) is 8.33. The predicted molar refractivity (Wildman–Crippen MR) is 113 cm³/mol. The third kappa shape index (κ3) is 4.98. The molecule has 0 bridgehead atoms. The number of hydrogen-bond donors (Lipinski definition) is 1. The van der Waals surface area contributed by atoms with Gasteiger partial charge < -0.3 is 19.5 Å². The minimum Gasteiger partial charge on any atom is -0.473 e. The molecule has 0 aromatic carbocycles. The van der Waals surface area contributed by atoms with Crippen LogP contribution in [0.4, 0.5) is 0 Å². The van der Waals surface area contributed by atoms with Crippen LogP contribution in [0.2, 0.25) is 5.02 Å². The maximum atomic E-state index is 11.1. The van der Waals surface area contributed by atoms with Gasteiger partial charge in [-0.3, -0.25) is 9.36 Å². The molecule has 9 heteroatoms. The summed E-state index contributed by atoms with van der Waals surface area (Å²) in [4.78, 5) is 20.0. The molecule has 2 aromatic rings. The Morgan fingerprint density at radius 3 is 2.50 bits per heavy atom. The highest BCUT2D eigenvalue weighted by Gasteiger charge is 2.28. The molecule has 2 aromatic heterocycles. The Labute approximate surface area is 181 Å². The maximum absolute atomic E-state index is 11.1. The fourth-order valence-electron chi connectivity index (χ4n) is 3.79. The number of halogens is 1. The highest BCUT2D eigenvalue weighted by molar-refractivity contribution is 6.36. The molecule has 30 heavy (non-hydrogen) atoms. The molecular weight excluding hydrogens is 408 g/mol. The topological polar surface area (TPSA) is 87.5 Å². The number of nitrogens with zero attached hydrogens (tertiary/aromatic N) is 3. The largest absolute Gasteiger partial charge is 0.473 e. The number of fused-ring (bicyclic) bond motifs is 1. The summed E-state index contributed by atoms with van der Waals surface area (Å²) in [7, 11) is 1.90. The van der Waals surface area contributed by atoms with Crippen LogP contribution in [-0.2, 0) is 16.6 Å². The number of ether oxygens (including phenoxy) is 3. The van der Waals surface area contributed by atoms with E-state index in [0.29, 0.717) is 29.0 Å². The number of carbonyl (C=O) groups is 1. The number of hydrogen-bond acceptors (Lipinski definition) is 6. The van der Waals surface area contributed by atoms with Crippen molar-refractivity contribution < 1.29 is 19.0 Å². The third-order valence-corrected chi connectivity index (χ3v) is 5.85. The molecular formula is C21H29ClN4O4. The second kappa shape index (κ2) is 8.98. The van der Waals surface area contributed by atoms with E-state index >= 15 is 0 Å². The van der Waals surface area contributed by atoms with Crippen molar-refractivity contribution in [2.24, 2.45) is 7.05 Å². The Morgan fingerprint density at radius 1 is 1.20 bits per heavy atom. The zero-order chi connectivity index (χ0) is 21.3. The summed E-state index contributed by atoms with van der Waals surface area (Å²) in [6, 6.07) is 0.560. The lowest BCUT2D eigenvalue weighted by Crippen LogP contribution is -2.37. The van der Waals surface area contributed by atoms with Crippen molar-refractivity contribution in [1.82, 2.24) is 19.9 Å². The molecule has 1 N–H and O–H groups in total. The van der Waals surface area contributed by atoms with E-state index in [1.807, 2.05) is 18.5 Å². The lowest BCUT2D eigenvalue weighted by Gasteiger charge is -2.29. The molecule has 4 rings (SSSR count). The standard InChI is InChI=1S/C21H29ClN4O4/c1-12(24-13(2)27)11-28-14-4-6-16(7-5-14)30-21-25-17-10-23-20(29-15-8-9-15)18(22)19(17)26(21)3/h10,12,14-16H,4-9,11H2,1-3H3,(H,24,27)/t12-,14-,16-/m0/s1. The van der Waals surface area contributed by atoms with Gasteiger partial charge in [-0.2, -0.15) is 4.98 Å². The van der Waals surface area contributed by atoms with Crippen LogP contribution in [0.25, 0.3) is 11.0 Å². The first-order chi connectivity index (χ1) is 14.4. The zero-order valence-corrected chi connectivity index (χ0v) is 18.4. The van der Waals surface area contributed by atoms with Gasteiger partial charge in [0.25, 0.3) is 6.01 Å². The lowest BCUT2D eigenvalue weighted by molar-refractivity contribution is -0.120. The van der Waals surface area contributed by atoms with Crippen LogP contribution in [0, 0.1) is 0 Å². The van der Waals surface area contributed by atoms with Crippen LogP contribution >= 0.6 is 11.6 Å². The van der Waals surface area contributed by atoms with Crippen molar-refractivity contribution in [3.63, 3.8) is 0 Å². The summed E-state index contributed by atoms with van der Waals surface area (Å²) in [5, 5.41) is 3.32. The molecule has 0 radical (unpaired) electrons. The summed E-state index contributed by atoms with van der Waals surface area (Å²) >= 11 is 6.54. The molecule has 1 atom stereocenters. The number of pyridine rings is 1. The van der Waals surface area contributed by atoms with E-state index in [4.69, 9.17) is 25.8 Å². The molecule has 8 nitrogen and oxygen atoms in total. The molecule has 2 fully saturated rings. The number of nitrogens with one attached hydrogen (secondary N) is 1. The SMILES string of the molecule is CC(=O)N[C@@H](C)CO[C@H]1CC[C@H](Oc2nc3cnc(OC4CC4)c(Cl)c3n2C)CC1. The number of imidazole rings is 1. The van der Waals surface area contributed by atoms with Gasteiger partial charge in [-0.15, -0.1) is 0 Å². The molecule has 0 spiro atoms. The zero-order valence-electron chi connectivity index (χ0n) is 17.7. The summed E-state index contributed by atoms with van der Waals surface area (Å²) in [5.41, 5.74) is 1.48. The summed E-state index contributed by atoms with van der Waals surface area (Å²) < 4.78 is 19.8. The minimum atomic E-state index is -0.0350. The molecule has 164 valence electrons. The van der Waals surface area contributed by atoms with Crippen molar-refractivity contribution >= 4 is 28.5 Å². The number of aryl methyl sites for hydroxylation is 1. The molecule has 2 aliphatic rings. The van der Waals surface area contributed by atoms with Gasteiger partial charge in [0.05, 0.1) is 24.4 Å². The van der Waals surface area contributed by atoms with Gasteiger partial charge in [-0.05, 0) is 45.4 Å². The van der Waals surface area contributed by atoms with Crippen LogP contribution < -0.4 is 14.8 Å². The van der Waals surface area contributed by atoms with Gasteiger partial charge in [-0.1, -0.05) is 11.6 Å². The van der Waals surface area contributed by atoms with Gasteiger partial charge in [0.1, 0.15) is 22.7 Å². The molecule has 0 unspecified atom stereocenters. The van der Waals surface area contributed by atoms with Gasteiger partial charge in [-0.25, -0.2) is 4.98 Å². The van der Waals surface area contributed by atoms with Crippen LogP contribution in [0.15, 0.2) is 6.20 Å². The van der Waals surface area contributed by atoms with Gasteiger partial charge in [0.15, 0.2) is 0 Å². The van der Waals surface area contributed by atoms with E-state index in [1.54, 1.807) is 6.20 Å². The first-order valence-electron chi connectivity index (χ1n) is 10.6. The predicted octanol–water partition coefficient (Wildman–Crippen LogP) is 3.39. The molecule has 2 aliphatic carbocycles. The van der Waals surface area contributed by atoms with Crippen molar-refractivity contribution in [3.05, 3.63) is 11.2 Å². The van der Waals surface area contributed by atoms with E-state index in [1.165, 1.54) is 6.92 Å². The summed E-state index contributed by atoms with van der Waals surface area (Å²) in [5.74, 6) is 0.430. The van der Waals surface area contributed by atoms with Crippen molar-refractivity contribution in [1.29, 1.82) is 0 Å². The summed E-state index contributed by atoms with van der Waals surface area (Å²) in [6.45, 7) is 3.99. The lowest BCUT2D eigenvalue weighted by atomic mass is 9.95. The van der Waals surface area contributed by atoms with Crippen LogP contribution in [-0.4, -0.2) is 51.4 Å². The number of rotatable bonds is 8. The molecule has 2 saturated carbocycles. The smallest absolute Gasteiger partial charge is 0.297 e. The van der Waals surface area contributed by atoms with E-state index in [2.05, 4.69) is 15.3 Å². The van der Waals surface area contributed by atoms with E-state index in [9.17, 15) is 4.79 Å². The van der Waals surface area contributed by atoms with E-state index in [0.717, 1.165) is 44.0 Å². The molecule has 0 saturated heterocycles. The second-order valence-corrected chi connectivity index (χ2v) is 8.71. The Kier molecular flexibility index (Phi) is 6.34. The minimum absolute atomic E-state index is 0.0172. The fourth-order valence-corrected chi connectivity index (χ4v) is 4.11. The number of amides is 1. The average Bonchev–Trinajstić information content (AvgIpc) is 3.46. The van der Waals surface area contributed by atoms with Gasteiger partial charge >= 0.3 is 0 Å². The quantitative estimate of drug-likeness (QED) is 0.682. The Bertz CT molecular complexity index is 906. The molecule has 1 amide bonds. The fraction of sp³-hybridized carbons (Fsp3) is 0.667. The van der Waals surface area contributed by atoms with Crippen LogP contribution in [0.1, 0.15) is 52.4 Å². The van der Waals surface area contributed by atoms with Gasteiger partial charge in [0, 0.05) is 20.0 Å². The Morgan fingerprint density at radius 2 is 1.83 bits per heavy atom.